The van der Waals surface area contributed by atoms with E-state index in [-0.39, 0.29) is 5.41 Å². The van der Waals surface area contributed by atoms with Crippen LogP contribution in [-0.2, 0) is 6.42 Å². The molecule has 72 heavy (non-hydrogen) atoms. The lowest BCUT2D eigenvalue weighted by Gasteiger charge is -2.24. The Hall–Kier alpha value is -8.84. The molecule has 0 saturated carbocycles. The minimum Gasteiger partial charge on any atom is -0.312 e. The van der Waals surface area contributed by atoms with E-state index in [1.165, 1.54) is 50.0 Å². The zero-order valence-corrected chi connectivity index (χ0v) is 40.9. The highest BCUT2D eigenvalue weighted by Gasteiger charge is 2.28. The number of aromatic nitrogens is 3. The summed E-state index contributed by atoms with van der Waals surface area (Å²) in [7, 11) is 0. The second-order valence-corrected chi connectivity index (χ2v) is 19.9. The summed E-state index contributed by atoms with van der Waals surface area (Å²) in [5.41, 5.74) is 22.6. The SMILES string of the molecule is CC(C)(C)C1=CC=C(c2cc(-c3cc(-c4ccc(-c5ccccc5)cc4)nc(-c4ccccc4)n3)cc(-c3ccccc3)c2-n2c3c(c4cc(-c5ccccc5)ccc42)C=C(c2ccccc2)CC3)CC#C1. The molecule has 2 aliphatic rings. The lowest BCUT2D eigenvalue weighted by molar-refractivity contribution is 0.521. The van der Waals surface area contributed by atoms with E-state index in [1.54, 1.807) is 0 Å². The number of allylic oxidation sites excluding steroid dienone is 5. The number of hydrogen-bond acceptors (Lipinski definition) is 2. The molecule has 0 amide bonds. The normalized spacial score (nSPS) is 13.3. The zero-order chi connectivity index (χ0) is 48.6. The Morgan fingerprint density at radius 1 is 0.444 bits per heavy atom. The molecule has 8 aromatic carbocycles. The van der Waals surface area contributed by atoms with Gasteiger partial charge in [-0.2, -0.15) is 0 Å². The summed E-state index contributed by atoms with van der Waals surface area (Å²) < 4.78 is 2.60. The van der Waals surface area contributed by atoms with Gasteiger partial charge in [0.1, 0.15) is 0 Å². The summed E-state index contributed by atoms with van der Waals surface area (Å²) in [6.07, 6.45) is 9.44. The first-order valence-electron chi connectivity index (χ1n) is 25.1. The van der Waals surface area contributed by atoms with Crippen LogP contribution in [0.4, 0.5) is 0 Å². The van der Waals surface area contributed by atoms with Crippen molar-refractivity contribution >= 4 is 28.1 Å². The van der Waals surface area contributed by atoms with E-state index >= 15 is 0 Å². The molecule has 0 unspecified atom stereocenters. The molecule has 0 spiro atoms. The van der Waals surface area contributed by atoms with Gasteiger partial charge in [0.15, 0.2) is 5.82 Å². The van der Waals surface area contributed by atoms with E-state index in [1.807, 2.05) is 6.07 Å². The summed E-state index contributed by atoms with van der Waals surface area (Å²) in [6.45, 7) is 6.74. The molecule has 0 radical (unpaired) electrons. The van der Waals surface area contributed by atoms with E-state index in [2.05, 4.69) is 262 Å². The van der Waals surface area contributed by atoms with Gasteiger partial charge in [-0.05, 0) is 105 Å². The smallest absolute Gasteiger partial charge is 0.160 e. The number of rotatable bonds is 9. The molecule has 0 bridgehead atoms. The van der Waals surface area contributed by atoms with Gasteiger partial charge in [0.25, 0.3) is 0 Å². The summed E-state index contributed by atoms with van der Waals surface area (Å²) in [5.74, 6) is 7.90. The van der Waals surface area contributed by atoms with Crippen LogP contribution < -0.4 is 0 Å². The van der Waals surface area contributed by atoms with Crippen LogP contribution in [0.25, 0.3) is 101 Å². The maximum atomic E-state index is 5.45. The summed E-state index contributed by atoms with van der Waals surface area (Å²) >= 11 is 0. The number of fused-ring (bicyclic) bond motifs is 3. The number of hydrogen-bond donors (Lipinski definition) is 0. The molecule has 12 rings (SSSR count). The van der Waals surface area contributed by atoms with Gasteiger partial charge < -0.3 is 4.57 Å². The quantitative estimate of drug-likeness (QED) is 0.135. The maximum Gasteiger partial charge on any atom is 0.160 e. The Morgan fingerprint density at radius 2 is 0.972 bits per heavy atom. The van der Waals surface area contributed by atoms with Gasteiger partial charge in [-0.1, -0.05) is 221 Å². The molecule has 2 aromatic heterocycles. The number of benzene rings is 8. The van der Waals surface area contributed by atoms with Crippen molar-refractivity contribution in [2.75, 3.05) is 0 Å². The van der Waals surface area contributed by atoms with E-state index < -0.39 is 0 Å². The summed E-state index contributed by atoms with van der Waals surface area (Å²) in [4.78, 5) is 10.7. The Kier molecular flexibility index (Phi) is 11.6. The molecular formula is C69H53N3. The highest BCUT2D eigenvalue weighted by Crippen LogP contribution is 2.46. The molecule has 10 aromatic rings. The van der Waals surface area contributed by atoms with Crippen molar-refractivity contribution in [2.24, 2.45) is 5.41 Å². The van der Waals surface area contributed by atoms with Gasteiger partial charge in [0, 0.05) is 56.5 Å². The Bertz CT molecular complexity index is 3800. The zero-order valence-electron chi connectivity index (χ0n) is 40.9. The van der Waals surface area contributed by atoms with Crippen molar-refractivity contribution in [3.8, 4) is 84.8 Å². The van der Waals surface area contributed by atoms with E-state index in [9.17, 15) is 0 Å². The van der Waals surface area contributed by atoms with E-state index in [0.717, 1.165) is 80.0 Å². The highest BCUT2D eigenvalue weighted by atomic mass is 15.0. The topological polar surface area (TPSA) is 30.7 Å². The molecule has 3 nitrogen and oxygen atoms in total. The third-order valence-electron chi connectivity index (χ3n) is 14.2. The maximum absolute atomic E-state index is 5.45. The fourth-order valence-electron chi connectivity index (χ4n) is 10.4. The summed E-state index contributed by atoms with van der Waals surface area (Å²) in [5, 5.41) is 1.24. The predicted molar refractivity (Wildman–Crippen MR) is 302 cm³/mol. The van der Waals surface area contributed by atoms with Crippen LogP contribution in [0.1, 0.15) is 56.0 Å². The van der Waals surface area contributed by atoms with Crippen molar-refractivity contribution in [2.45, 2.75) is 40.0 Å². The fourth-order valence-corrected chi connectivity index (χ4v) is 10.4. The van der Waals surface area contributed by atoms with E-state index in [0.29, 0.717) is 12.2 Å². The Balaban J connectivity index is 1.14. The van der Waals surface area contributed by atoms with Crippen LogP contribution in [0.3, 0.4) is 0 Å². The van der Waals surface area contributed by atoms with Gasteiger partial charge in [0.05, 0.1) is 22.6 Å². The van der Waals surface area contributed by atoms with Crippen molar-refractivity contribution in [1.29, 1.82) is 0 Å². The van der Waals surface area contributed by atoms with Crippen molar-refractivity contribution in [3.05, 3.63) is 252 Å². The molecular weight excluding hydrogens is 871 g/mol. The second-order valence-electron chi connectivity index (χ2n) is 19.9. The highest BCUT2D eigenvalue weighted by molar-refractivity contribution is 6.02. The molecule has 2 aliphatic carbocycles. The monoisotopic (exact) mass is 923 g/mol. The van der Waals surface area contributed by atoms with Crippen LogP contribution in [0, 0.1) is 17.3 Å². The molecule has 0 N–H and O–H groups in total. The molecule has 3 heteroatoms. The molecule has 344 valence electrons. The third-order valence-corrected chi connectivity index (χ3v) is 14.2. The lowest BCUT2D eigenvalue weighted by Crippen LogP contribution is -2.09. The minimum absolute atomic E-state index is 0.0989. The predicted octanol–water partition coefficient (Wildman–Crippen LogP) is 17.7. The van der Waals surface area contributed by atoms with Gasteiger partial charge in [-0.3, -0.25) is 0 Å². The number of nitrogens with zero attached hydrogens (tertiary/aromatic N) is 3. The molecule has 0 saturated heterocycles. The van der Waals surface area contributed by atoms with Crippen LogP contribution in [0.5, 0.6) is 0 Å². The minimum atomic E-state index is -0.0989. The largest absolute Gasteiger partial charge is 0.312 e. The lowest BCUT2D eigenvalue weighted by atomic mass is 9.86. The molecule has 2 heterocycles. The first kappa shape index (κ1) is 44.4. The fraction of sp³-hybridized carbons (Fsp3) is 0.101. The molecule has 0 atom stereocenters. The second kappa shape index (κ2) is 18.8. The first-order chi connectivity index (χ1) is 35.3. The van der Waals surface area contributed by atoms with Gasteiger partial charge in [0.2, 0.25) is 0 Å². The standard InChI is InChI=1S/C69H53N3/c1-69(2,3)58-31-19-30-52(36-39-58)60-45-57(64-46-63(70-68(71-64)54-28-17-8-18-29-54)53-34-32-50(33-35-53)47-20-9-4-10-21-47)44-59(51-26-15-7-16-27-51)67(60)72-65-40-37-55(48-22-11-5-12-23-48)42-61(65)62-43-56(38-41-66(62)72)49-24-13-6-14-25-49/h4-18,20-29,32-37,39-40,42-46H,30,38,41H2,1-3H3. The van der Waals surface area contributed by atoms with E-state index in [4.69, 9.17) is 9.97 Å². The molecule has 0 aliphatic heterocycles. The molecule has 0 fully saturated rings. The van der Waals surface area contributed by atoms with Crippen molar-refractivity contribution in [1.82, 2.24) is 14.5 Å². The Labute approximate surface area is 423 Å². The van der Waals surface area contributed by atoms with Gasteiger partial charge in [-0.25, -0.2) is 9.97 Å². The van der Waals surface area contributed by atoms with Crippen LogP contribution in [-0.4, -0.2) is 14.5 Å². The first-order valence-corrected chi connectivity index (χ1v) is 25.1. The average molecular weight is 924 g/mol. The third kappa shape index (κ3) is 8.63. The van der Waals surface area contributed by atoms with Gasteiger partial charge in [-0.15, -0.1) is 0 Å². The van der Waals surface area contributed by atoms with Crippen LogP contribution in [0.2, 0.25) is 0 Å². The van der Waals surface area contributed by atoms with Crippen molar-refractivity contribution < 1.29 is 0 Å². The van der Waals surface area contributed by atoms with Crippen LogP contribution >= 0.6 is 0 Å². The van der Waals surface area contributed by atoms with Gasteiger partial charge >= 0.3 is 0 Å². The van der Waals surface area contributed by atoms with Crippen LogP contribution in [0.15, 0.2) is 230 Å². The van der Waals surface area contributed by atoms with Crippen molar-refractivity contribution in [3.63, 3.8) is 0 Å². The summed E-state index contributed by atoms with van der Waals surface area (Å²) in [6, 6.07) is 76.2. The average Bonchev–Trinajstić information content (AvgIpc) is 3.54. The Morgan fingerprint density at radius 3 is 1.61 bits per heavy atom.